The molecule has 22 heavy (non-hydrogen) atoms. The number of halogens is 1. The van der Waals surface area contributed by atoms with Gasteiger partial charge in [0.2, 0.25) is 5.91 Å². The number of sulfone groups is 1. The van der Waals surface area contributed by atoms with E-state index in [1.165, 1.54) is 19.1 Å². The van der Waals surface area contributed by atoms with Gasteiger partial charge in [0.25, 0.3) is 0 Å². The topological polar surface area (TPSA) is 72.5 Å². The predicted octanol–water partition coefficient (Wildman–Crippen LogP) is 1.45. The Morgan fingerprint density at radius 3 is 2.68 bits per heavy atom. The fourth-order valence-corrected chi connectivity index (χ4v) is 3.17. The highest BCUT2D eigenvalue weighted by atomic mass is 32.2. The number of carbonyl (C=O) groups is 1. The van der Waals surface area contributed by atoms with Gasteiger partial charge in [-0.25, -0.2) is 12.8 Å². The van der Waals surface area contributed by atoms with E-state index >= 15 is 0 Å². The third-order valence-electron chi connectivity index (χ3n) is 3.76. The van der Waals surface area contributed by atoms with E-state index in [0.29, 0.717) is 13.2 Å². The van der Waals surface area contributed by atoms with Crippen LogP contribution >= 0.6 is 0 Å². The Balaban J connectivity index is 1.92. The number of hydrogen-bond acceptors (Lipinski definition) is 4. The van der Waals surface area contributed by atoms with Crippen LogP contribution in [0.1, 0.15) is 25.0 Å². The number of carbonyl (C=O) groups excluding carboxylic acids is 1. The van der Waals surface area contributed by atoms with E-state index in [0.717, 1.165) is 12.0 Å². The molecule has 1 heterocycles. The van der Waals surface area contributed by atoms with Crippen LogP contribution < -0.4 is 5.32 Å². The minimum Gasteiger partial charge on any atom is -0.373 e. The Morgan fingerprint density at radius 1 is 1.36 bits per heavy atom. The molecule has 0 aromatic heterocycles. The van der Waals surface area contributed by atoms with Gasteiger partial charge in [0.05, 0.1) is 6.10 Å². The van der Waals surface area contributed by atoms with Crippen molar-refractivity contribution < 1.29 is 22.3 Å². The van der Waals surface area contributed by atoms with Gasteiger partial charge in [-0.2, -0.15) is 0 Å². The smallest absolute Gasteiger partial charge is 0.235 e. The Bertz CT molecular complexity index is 615. The summed E-state index contributed by atoms with van der Waals surface area (Å²) in [5, 5.41) is 2.65. The first-order chi connectivity index (χ1) is 10.4. The minimum atomic E-state index is -3.32. The van der Waals surface area contributed by atoms with Crippen molar-refractivity contribution in [1.29, 1.82) is 0 Å². The van der Waals surface area contributed by atoms with Gasteiger partial charge < -0.3 is 10.1 Å². The third kappa shape index (κ3) is 4.51. The molecule has 0 unspecified atom stereocenters. The molecule has 1 aromatic rings. The van der Waals surface area contributed by atoms with Crippen molar-refractivity contribution in [3.05, 3.63) is 35.6 Å². The lowest BCUT2D eigenvalue weighted by molar-refractivity contribution is -0.118. The van der Waals surface area contributed by atoms with Crippen molar-refractivity contribution in [2.24, 2.45) is 5.92 Å². The number of amides is 1. The maximum Gasteiger partial charge on any atom is 0.235 e. The highest BCUT2D eigenvalue weighted by molar-refractivity contribution is 7.92. The monoisotopic (exact) mass is 329 g/mol. The largest absolute Gasteiger partial charge is 0.373 e. The van der Waals surface area contributed by atoms with Crippen LogP contribution in [0.15, 0.2) is 24.3 Å². The van der Waals surface area contributed by atoms with Gasteiger partial charge in [0.15, 0.2) is 9.84 Å². The van der Waals surface area contributed by atoms with Crippen molar-refractivity contribution in [3.63, 3.8) is 0 Å². The molecule has 1 saturated heterocycles. The zero-order valence-electron chi connectivity index (χ0n) is 12.4. The maximum absolute atomic E-state index is 13.0. The van der Waals surface area contributed by atoms with Crippen LogP contribution in [0.2, 0.25) is 0 Å². The first kappa shape index (κ1) is 16.9. The van der Waals surface area contributed by atoms with E-state index in [9.17, 15) is 17.6 Å². The van der Waals surface area contributed by atoms with Gasteiger partial charge in [0.1, 0.15) is 11.6 Å². The molecule has 2 atom stereocenters. The summed E-state index contributed by atoms with van der Waals surface area (Å²) in [5.74, 6) is -1.29. The van der Waals surface area contributed by atoms with E-state index in [4.69, 9.17) is 4.74 Å². The molecule has 122 valence electrons. The van der Waals surface area contributed by atoms with Crippen LogP contribution in [0, 0.1) is 11.7 Å². The van der Waals surface area contributed by atoms with Gasteiger partial charge in [0, 0.05) is 24.8 Å². The van der Waals surface area contributed by atoms with E-state index in [1.807, 2.05) is 0 Å². The van der Waals surface area contributed by atoms with E-state index in [1.54, 1.807) is 12.1 Å². The lowest BCUT2D eigenvalue weighted by Gasteiger charge is -2.19. The molecule has 0 bridgehead atoms. The summed E-state index contributed by atoms with van der Waals surface area (Å²) in [7, 11) is -3.32. The number of benzene rings is 1. The molecule has 5 nitrogen and oxygen atoms in total. The van der Waals surface area contributed by atoms with E-state index in [2.05, 4.69) is 5.32 Å². The molecule has 1 aliphatic heterocycles. The molecule has 1 N–H and O–H groups in total. The molecule has 0 radical (unpaired) electrons. The molecular weight excluding hydrogens is 309 g/mol. The van der Waals surface area contributed by atoms with Crippen molar-refractivity contribution in [3.8, 4) is 0 Å². The molecule has 0 aliphatic carbocycles. The Kier molecular flexibility index (Phi) is 5.52. The second-order valence-electron chi connectivity index (χ2n) is 5.37. The van der Waals surface area contributed by atoms with Crippen LogP contribution in [-0.4, -0.2) is 39.0 Å². The molecule has 0 saturated carbocycles. The molecule has 0 spiro atoms. The number of nitrogens with one attached hydrogen (secondary N) is 1. The molecule has 1 amide bonds. The summed E-state index contributed by atoms with van der Waals surface area (Å²) >= 11 is 0. The third-order valence-corrected chi connectivity index (χ3v) is 5.35. The van der Waals surface area contributed by atoms with Gasteiger partial charge in [-0.1, -0.05) is 19.1 Å². The Morgan fingerprint density at radius 2 is 2.05 bits per heavy atom. The van der Waals surface area contributed by atoms with Gasteiger partial charge in [-0.3, -0.25) is 4.79 Å². The fourth-order valence-electron chi connectivity index (χ4n) is 2.46. The summed E-state index contributed by atoms with van der Waals surface area (Å²) < 4.78 is 41.4. The van der Waals surface area contributed by atoms with Gasteiger partial charge >= 0.3 is 0 Å². The number of hydrogen-bond donors (Lipinski definition) is 1. The van der Waals surface area contributed by atoms with Gasteiger partial charge in [-0.05, 0) is 24.1 Å². The molecular formula is C15H20FNO4S. The normalized spacial score (nSPS) is 21.7. The first-order valence-electron chi connectivity index (χ1n) is 7.25. The highest BCUT2D eigenvalue weighted by Gasteiger charge is 2.30. The average Bonchev–Trinajstić information content (AvgIpc) is 2.94. The molecule has 1 aliphatic rings. The number of rotatable bonds is 6. The average molecular weight is 329 g/mol. The van der Waals surface area contributed by atoms with E-state index in [-0.39, 0.29) is 23.6 Å². The SMILES string of the molecule is CCS(=O)(=O)CC(=O)NC[C@@H]1CCO[C@H]1c1ccc(F)cc1. The first-order valence-corrected chi connectivity index (χ1v) is 9.07. The second-order valence-corrected chi connectivity index (χ2v) is 7.73. The lowest BCUT2D eigenvalue weighted by Crippen LogP contribution is -2.35. The lowest BCUT2D eigenvalue weighted by atomic mass is 9.95. The summed E-state index contributed by atoms with van der Waals surface area (Å²) in [4.78, 5) is 11.7. The maximum atomic E-state index is 13.0. The predicted molar refractivity (Wildman–Crippen MR) is 80.5 cm³/mol. The summed E-state index contributed by atoms with van der Waals surface area (Å²) in [6.45, 7) is 2.42. The molecule has 7 heteroatoms. The van der Waals surface area contributed by atoms with Crippen molar-refractivity contribution in [2.75, 3.05) is 24.7 Å². The standard InChI is InChI=1S/C15H20FNO4S/c1-2-22(19,20)10-14(18)17-9-12-7-8-21-15(12)11-3-5-13(16)6-4-11/h3-6,12,15H,2,7-10H2,1H3,(H,17,18)/t12-,15-/m0/s1. The summed E-state index contributed by atoms with van der Waals surface area (Å²) in [6, 6.07) is 6.09. The zero-order chi connectivity index (χ0) is 16.2. The molecule has 1 fully saturated rings. The van der Waals surface area contributed by atoms with Crippen LogP contribution in [0.25, 0.3) is 0 Å². The summed E-state index contributed by atoms with van der Waals surface area (Å²) in [5.41, 5.74) is 0.860. The van der Waals surface area contributed by atoms with Crippen LogP contribution in [0.3, 0.4) is 0 Å². The fraction of sp³-hybridized carbons (Fsp3) is 0.533. The Labute approximate surface area is 129 Å². The highest BCUT2D eigenvalue weighted by Crippen LogP contribution is 2.34. The second kappa shape index (κ2) is 7.19. The van der Waals surface area contributed by atoms with Crippen molar-refractivity contribution >= 4 is 15.7 Å². The molecule has 2 rings (SSSR count). The van der Waals surface area contributed by atoms with Crippen molar-refractivity contribution in [2.45, 2.75) is 19.4 Å². The number of ether oxygens (including phenoxy) is 1. The van der Waals surface area contributed by atoms with Crippen LogP contribution in [-0.2, 0) is 19.4 Å². The minimum absolute atomic E-state index is 0.0504. The van der Waals surface area contributed by atoms with E-state index < -0.39 is 21.5 Å². The zero-order valence-corrected chi connectivity index (χ0v) is 13.2. The van der Waals surface area contributed by atoms with Gasteiger partial charge in [-0.15, -0.1) is 0 Å². The van der Waals surface area contributed by atoms with Crippen LogP contribution in [0.4, 0.5) is 4.39 Å². The quantitative estimate of drug-likeness (QED) is 0.857. The molecule has 1 aromatic carbocycles. The summed E-state index contributed by atoms with van der Waals surface area (Å²) in [6.07, 6.45) is 0.562. The Hall–Kier alpha value is -1.47. The van der Waals surface area contributed by atoms with Crippen LogP contribution in [0.5, 0.6) is 0 Å². The van der Waals surface area contributed by atoms with Crippen molar-refractivity contribution in [1.82, 2.24) is 5.32 Å².